The van der Waals surface area contributed by atoms with Crippen LogP contribution in [-0.2, 0) is 27.3 Å². The number of methoxy groups -OCH3 is 1. The molecule has 1 aromatic carbocycles. The number of aryl methyl sites for hydroxylation is 2. The van der Waals surface area contributed by atoms with E-state index in [0.717, 1.165) is 30.1 Å². The van der Waals surface area contributed by atoms with Gasteiger partial charge >= 0.3 is 5.97 Å². The molecule has 1 fully saturated rings. The molecule has 0 N–H and O–H groups in total. The Balaban J connectivity index is 1.56. The zero-order chi connectivity index (χ0) is 21.7. The Bertz CT molecular complexity index is 936. The number of aromatic nitrogens is 1. The molecule has 0 bridgehead atoms. The van der Waals surface area contributed by atoms with Crippen LogP contribution < -0.4 is 4.74 Å². The normalized spacial score (nSPS) is 13.6. The van der Waals surface area contributed by atoms with Crippen LogP contribution in [0, 0.1) is 13.8 Å². The minimum absolute atomic E-state index is 0.0799. The van der Waals surface area contributed by atoms with Gasteiger partial charge in [-0.1, -0.05) is 12.1 Å². The van der Waals surface area contributed by atoms with E-state index in [9.17, 15) is 14.4 Å². The molecule has 30 heavy (non-hydrogen) atoms. The molecule has 8 heteroatoms. The Hall–Kier alpha value is -2.74. The first-order valence-electron chi connectivity index (χ1n) is 9.73. The first-order chi connectivity index (χ1) is 14.4. The highest BCUT2D eigenvalue weighted by molar-refractivity contribution is 8.00. The highest BCUT2D eigenvalue weighted by atomic mass is 32.2. The van der Waals surface area contributed by atoms with Crippen LogP contribution in [0.4, 0.5) is 0 Å². The second-order valence-corrected chi connectivity index (χ2v) is 8.14. The molecule has 0 unspecified atom stereocenters. The van der Waals surface area contributed by atoms with Gasteiger partial charge in [-0.25, -0.2) is 0 Å². The highest BCUT2D eigenvalue weighted by Gasteiger charge is 2.24. The predicted molar refractivity (Wildman–Crippen MR) is 115 cm³/mol. The first-order valence-corrected chi connectivity index (χ1v) is 10.9. The number of Topliss-reactive ketones (excluding diaryl/α,β-unsaturated/α-hetero) is 1. The molecule has 3 rings (SSSR count). The summed E-state index contributed by atoms with van der Waals surface area (Å²) in [6.07, 6.45) is 0.824. The molecular weight excluding hydrogens is 404 g/mol. The van der Waals surface area contributed by atoms with Crippen LogP contribution >= 0.6 is 11.8 Å². The van der Waals surface area contributed by atoms with Crippen molar-refractivity contribution < 1.29 is 23.9 Å². The van der Waals surface area contributed by atoms with Crippen LogP contribution in [0.15, 0.2) is 30.3 Å². The second kappa shape index (κ2) is 9.84. The van der Waals surface area contributed by atoms with Gasteiger partial charge in [0.05, 0.1) is 18.7 Å². The lowest BCUT2D eigenvalue weighted by Crippen LogP contribution is -2.33. The van der Waals surface area contributed by atoms with E-state index in [0.29, 0.717) is 17.2 Å². The topological polar surface area (TPSA) is 77.8 Å². The molecule has 1 aromatic heterocycles. The lowest BCUT2D eigenvalue weighted by Gasteiger charge is -2.13. The number of benzene rings is 1. The number of rotatable bonds is 9. The van der Waals surface area contributed by atoms with Crippen LogP contribution in [0.25, 0.3) is 0 Å². The number of carbonyl (C=O) groups excluding carboxylic acids is 3. The highest BCUT2D eigenvalue weighted by Crippen LogP contribution is 2.19. The fourth-order valence-corrected chi connectivity index (χ4v) is 4.33. The van der Waals surface area contributed by atoms with Gasteiger partial charge < -0.3 is 18.9 Å². The van der Waals surface area contributed by atoms with Crippen molar-refractivity contribution in [3.8, 4) is 5.75 Å². The first kappa shape index (κ1) is 22.0. The van der Waals surface area contributed by atoms with E-state index >= 15 is 0 Å². The zero-order valence-electron chi connectivity index (χ0n) is 17.5. The third-order valence-corrected chi connectivity index (χ3v) is 6.11. The number of carbonyl (C=O) groups is 3. The summed E-state index contributed by atoms with van der Waals surface area (Å²) in [7, 11) is 1.64. The van der Waals surface area contributed by atoms with E-state index in [2.05, 4.69) is 4.57 Å². The smallest absolute Gasteiger partial charge is 0.326 e. The summed E-state index contributed by atoms with van der Waals surface area (Å²) < 4.78 is 12.4. The number of hydrogen-bond donors (Lipinski definition) is 0. The summed E-state index contributed by atoms with van der Waals surface area (Å²) in [5, 5.41) is 0. The van der Waals surface area contributed by atoms with Crippen molar-refractivity contribution in [1.29, 1.82) is 0 Å². The summed E-state index contributed by atoms with van der Waals surface area (Å²) in [6, 6.07) is 9.76. The van der Waals surface area contributed by atoms with Gasteiger partial charge in [0.15, 0.2) is 6.61 Å². The number of ketones is 1. The molecule has 160 valence electrons. The summed E-state index contributed by atoms with van der Waals surface area (Å²) in [5.41, 5.74) is 3.58. The number of nitrogens with zero attached hydrogens (tertiary/aromatic N) is 2. The van der Waals surface area contributed by atoms with E-state index in [1.54, 1.807) is 7.11 Å². The van der Waals surface area contributed by atoms with Crippen molar-refractivity contribution in [1.82, 2.24) is 9.47 Å². The van der Waals surface area contributed by atoms with Gasteiger partial charge in [-0.15, -0.1) is 11.8 Å². The summed E-state index contributed by atoms with van der Waals surface area (Å²) >= 11 is 1.46. The molecule has 0 radical (unpaired) electrons. The number of hydrogen-bond acceptors (Lipinski definition) is 6. The Labute approximate surface area is 180 Å². The minimum Gasteiger partial charge on any atom is -0.497 e. The van der Waals surface area contributed by atoms with Gasteiger partial charge in [0.25, 0.3) is 0 Å². The number of thioether (sulfide) groups is 1. The molecule has 2 aromatic rings. The molecule has 1 aliphatic rings. The van der Waals surface area contributed by atoms with Crippen molar-refractivity contribution in [2.24, 2.45) is 0 Å². The van der Waals surface area contributed by atoms with Gasteiger partial charge in [0.2, 0.25) is 11.7 Å². The number of amides is 1. The van der Waals surface area contributed by atoms with Crippen LogP contribution in [0.5, 0.6) is 5.75 Å². The van der Waals surface area contributed by atoms with Crippen LogP contribution in [0.3, 0.4) is 0 Å². The van der Waals surface area contributed by atoms with Crippen LogP contribution in [0.2, 0.25) is 0 Å². The maximum absolute atomic E-state index is 12.6. The third kappa shape index (κ3) is 5.24. The van der Waals surface area contributed by atoms with Gasteiger partial charge in [-0.2, -0.15) is 0 Å². The molecular formula is C22H26N2O5S. The fraction of sp³-hybridized carbons (Fsp3) is 0.409. The lowest BCUT2D eigenvalue weighted by atomic mass is 10.1. The van der Waals surface area contributed by atoms with Crippen molar-refractivity contribution in [3.63, 3.8) is 0 Å². The Morgan fingerprint density at radius 1 is 1.17 bits per heavy atom. The van der Waals surface area contributed by atoms with Crippen molar-refractivity contribution in [3.05, 3.63) is 52.8 Å². The molecule has 0 aliphatic carbocycles. The quantitative estimate of drug-likeness (QED) is 0.450. The molecule has 0 saturated carbocycles. The van der Waals surface area contributed by atoms with Crippen molar-refractivity contribution in [2.45, 2.75) is 26.8 Å². The van der Waals surface area contributed by atoms with E-state index < -0.39 is 5.97 Å². The minimum atomic E-state index is -0.562. The molecule has 0 spiro atoms. The molecule has 7 nitrogen and oxygen atoms in total. The Morgan fingerprint density at radius 2 is 1.90 bits per heavy atom. The lowest BCUT2D eigenvalue weighted by molar-refractivity contribution is -0.146. The second-order valence-electron chi connectivity index (χ2n) is 7.19. The van der Waals surface area contributed by atoms with Crippen molar-refractivity contribution in [2.75, 3.05) is 31.9 Å². The monoisotopic (exact) mass is 430 g/mol. The summed E-state index contributed by atoms with van der Waals surface area (Å²) in [4.78, 5) is 37.5. The van der Waals surface area contributed by atoms with E-state index in [1.807, 2.05) is 44.2 Å². The average molecular weight is 431 g/mol. The van der Waals surface area contributed by atoms with Crippen molar-refractivity contribution >= 4 is 29.4 Å². The van der Waals surface area contributed by atoms with Crippen LogP contribution in [0.1, 0.15) is 27.3 Å². The fourth-order valence-electron chi connectivity index (χ4n) is 3.43. The van der Waals surface area contributed by atoms with Gasteiger partial charge in [-0.3, -0.25) is 14.4 Å². The van der Waals surface area contributed by atoms with Gasteiger partial charge in [0, 0.05) is 23.5 Å². The molecule has 1 aliphatic heterocycles. The van der Waals surface area contributed by atoms with E-state index in [4.69, 9.17) is 9.47 Å². The predicted octanol–water partition coefficient (Wildman–Crippen LogP) is 2.62. The molecule has 1 amide bonds. The average Bonchev–Trinajstić information content (AvgIpc) is 3.27. The molecule has 2 heterocycles. The Morgan fingerprint density at radius 3 is 2.53 bits per heavy atom. The standard InChI is InChI=1S/C22H26N2O5S/c1-15-10-19(20(25)12-29-22(27)11-23-14-30-13-21(23)26)16(2)24(15)9-8-17-4-6-18(28-3)7-5-17/h4-7,10H,8-9,11-14H2,1-3H3. The third-order valence-electron chi connectivity index (χ3n) is 5.17. The molecule has 1 saturated heterocycles. The zero-order valence-corrected chi connectivity index (χ0v) is 18.3. The van der Waals surface area contributed by atoms with Gasteiger partial charge in [-0.05, 0) is 44.0 Å². The Kier molecular flexibility index (Phi) is 7.20. The SMILES string of the molecule is COc1ccc(CCn2c(C)cc(C(=O)COC(=O)CN3CSCC3=O)c2C)cc1. The number of ether oxygens (including phenoxy) is 2. The van der Waals surface area contributed by atoms with E-state index in [1.165, 1.54) is 22.2 Å². The maximum atomic E-state index is 12.6. The van der Waals surface area contributed by atoms with Crippen LogP contribution in [-0.4, -0.2) is 59.0 Å². The maximum Gasteiger partial charge on any atom is 0.326 e. The van der Waals surface area contributed by atoms with E-state index in [-0.39, 0.29) is 24.8 Å². The summed E-state index contributed by atoms with van der Waals surface area (Å²) in [6.45, 7) is 4.17. The van der Waals surface area contributed by atoms with Gasteiger partial charge in [0.1, 0.15) is 12.3 Å². The summed E-state index contributed by atoms with van der Waals surface area (Å²) in [5.74, 6) is 0.805. The molecule has 0 atom stereocenters. The largest absolute Gasteiger partial charge is 0.497 e. The number of esters is 1.